The van der Waals surface area contributed by atoms with Crippen LogP contribution >= 0.6 is 0 Å². The monoisotopic (exact) mass is 209 g/mol. The molecule has 1 fully saturated rings. The summed E-state index contributed by atoms with van der Waals surface area (Å²) in [6, 6.07) is 2.39. The molecule has 1 aliphatic rings. The van der Waals surface area contributed by atoms with Gasteiger partial charge in [0.1, 0.15) is 0 Å². The highest BCUT2D eigenvalue weighted by molar-refractivity contribution is 4.90. The summed E-state index contributed by atoms with van der Waals surface area (Å²) in [4.78, 5) is 4.78. The summed E-state index contributed by atoms with van der Waals surface area (Å²) in [5.74, 6) is 0.793. The van der Waals surface area contributed by atoms with E-state index < -0.39 is 0 Å². The number of rotatable bonds is 4. The zero-order valence-corrected chi connectivity index (χ0v) is 10.2. The van der Waals surface area contributed by atoms with Crippen LogP contribution in [0.3, 0.4) is 0 Å². The lowest BCUT2D eigenvalue weighted by atomic mass is 10.1. The summed E-state index contributed by atoms with van der Waals surface area (Å²) < 4.78 is 0. The molecule has 0 radical (unpaired) electrons. The topological polar surface area (TPSA) is 30.3 Å². The van der Waals surface area contributed by atoms with Crippen LogP contribution in [0.2, 0.25) is 0 Å². The molecule has 0 saturated carbocycles. The molecule has 0 aromatic carbocycles. The minimum Gasteiger partial charge on any atom is -0.301 e. The van der Waals surface area contributed by atoms with Crippen LogP contribution in [0.1, 0.15) is 27.2 Å². The first kappa shape index (κ1) is 12.5. The lowest BCUT2D eigenvalue weighted by molar-refractivity contribution is 0.115. The maximum absolute atomic E-state index is 8.82. The van der Waals surface area contributed by atoms with Gasteiger partial charge in [-0.05, 0) is 25.8 Å². The Balaban J connectivity index is 2.21. The van der Waals surface area contributed by atoms with Crippen molar-refractivity contribution in [2.75, 3.05) is 32.7 Å². The Morgan fingerprint density at radius 2 is 1.73 bits per heavy atom. The van der Waals surface area contributed by atoms with E-state index in [1.807, 2.05) is 6.92 Å². The highest BCUT2D eigenvalue weighted by Gasteiger charge is 2.20. The van der Waals surface area contributed by atoms with Gasteiger partial charge in [0.2, 0.25) is 0 Å². The summed E-state index contributed by atoms with van der Waals surface area (Å²) >= 11 is 0. The minimum atomic E-state index is 0.0808. The summed E-state index contributed by atoms with van der Waals surface area (Å²) in [7, 11) is 0. The van der Waals surface area contributed by atoms with E-state index in [2.05, 4.69) is 29.7 Å². The molecular formula is C12H23N3. The molecule has 0 spiro atoms. The Morgan fingerprint density at radius 3 is 2.20 bits per heavy atom. The largest absolute Gasteiger partial charge is 0.301 e. The molecule has 1 atom stereocenters. The maximum atomic E-state index is 8.82. The Morgan fingerprint density at radius 1 is 1.13 bits per heavy atom. The van der Waals surface area contributed by atoms with Crippen molar-refractivity contribution in [3.05, 3.63) is 0 Å². The van der Waals surface area contributed by atoms with E-state index >= 15 is 0 Å². The molecule has 1 unspecified atom stereocenters. The molecule has 86 valence electrons. The summed E-state index contributed by atoms with van der Waals surface area (Å²) in [6.07, 6.45) is 1.29. The molecule has 0 aliphatic carbocycles. The van der Waals surface area contributed by atoms with Crippen molar-refractivity contribution in [1.82, 2.24) is 9.80 Å². The lowest BCUT2D eigenvalue weighted by Gasteiger charge is -2.36. The fourth-order valence-corrected chi connectivity index (χ4v) is 1.90. The van der Waals surface area contributed by atoms with Crippen molar-refractivity contribution in [2.45, 2.75) is 33.2 Å². The summed E-state index contributed by atoms with van der Waals surface area (Å²) in [6.45, 7) is 12.1. The third-order valence-corrected chi connectivity index (χ3v) is 3.16. The van der Waals surface area contributed by atoms with Gasteiger partial charge in [0.15, 0.2) is 0 Å². The predicted molar refractivity (Wildman–Crippen MR) is 62.5 cm³/mol. The third-order valence-electron chi connectivity index (χ3n) is 3.16. The zero-order valence-electron chi connectivity index (χ0n) is 10.2. The Kier molecular flexibility index (Phi) is 5.07. The number of nitrogens with zero attached hydrogens (tertiary/aromatic N) is 3. The van der Waals surface area contributed by atoms with E-state index in [-0.39, 0.29) is 6.04 Å². The number of piperazine rings is 1. The fraction of sp³-hybridized carbons (Fsp3) is 0.917. The van der Waals surface area contributed by atoms with Gasteiger partial charge in [0, 0.05) is 26.2 Å². The molecule has 0 bridgehead atoms. The van der Waals surface area contributed by atoms with Gasteiger partial charge in [-0.25, -0.2) is 0 Å². The Labute approximate surface area is 93.7 Å². The van der Waals surface area contributed by atoms with Crippen LogP contribution in [0, 0.1) is 17.2 Å². The van der Waals surface area contributed by atoms with Crippen molar-refractivity contribution in [3.63, 3.8) is 0 Å². The average molecular weight is 209 g/mol. The van der Waals surface area contributed by atoms with Crippen LogP contribution in [-0.4, -0.2) is 48.6 Å². The summed E-state index contributed by atoms with van der Waals surface area (Å²) in [5, 5.41) is 8.82. The van der Waals surface area contributed by atoms with Crippen LogP contribution in [0.4, 0.5) is 0 Å². The molecule has 1 saturated heterocycles. The van der Waals surface area contributed by atoms with Crippen LogP contribution in [0.5, 0.6) is 0 Å². The molecule has 1 rings (SSSR count). The standard InChI is InChI=1S/C12H23N3/c1-11(2)4-5-14-6-8-15(9-7-14)12(3)10-13/h11-12H,4-9H2,1-3H3. The van der Waals surface area contributed by atoms with Crippen molar-refractivity contribution in [3.8, 4) is 6.07 Å². The quantitative estimate of drug-likeness (QED) is 0.704. The smallest absolute Gasteiger partial charge is 0.0950 e. The van der Waals surface area contributed by atoms with Crippen molar-refractivity contribution < 1.29 is 0 Å². The van der Waals surface area contributed by atoms with Gasteiger partial charge < -0.3 is 4.90 Å². The number of nitriles is 1. The number of hydrogen-bond acceptors (Lipinski definition) is 3. The second kappa shape index (κ2) is 6.09. The summed E-state index contributed by atoms with van der Waals surface area (Å²) in [5.41, 5.74) is 0. The normalized spacial score (nSPS) is 21.5. The van der Waals surface area contributed by atoms with Gasteiger partial charge in [-0.1, -0.05) is 13.8 Å². The second-order valence-corrected chi connectivity index (χ2v) is 4.87. The van der Waals surface area contributed by atoms with E-state index in [9.17, 15) is 0 Å². The SMILES string of the molecule is CC(C)CCN1CCN(C(C)C#N)CC1. The van der Waals surface area contributed by atoms with Gasteiger partial charge in [-0.2, -0.15) is 5.26 Å². The molecule has 0 aromatic rings. The van der Waals surface area contributed by atoms with Crippen LogP contribution < -0.4 is 0 Å². The van der Waals surface area contributed by atoms with Gasteiger partial charge in [0.05, 0.1) is 12.1 Å². The maximum Gasteiger partial charge on any atom is 0.0950 e. The van der Waals surface area contributed by atoms with E-state index in [4.69, 9.17) is 5.26 Å². The van der Waals surface area contributed by atoms with Crippen molar-refractivity contribution in [1.29, 1.82) is 5.26 Å². The van der Waals surface area contributed by atoms with Gasteiger partial charge in [-0.15, -0.1) is 0 Å². The van der Waals surface area contributed by atoms with Gasteiger partial charge in [0.25, 0.3) is 0 Å². The molecule has 3 heteroatoms. The minimum absolute atomic E-state index is 0.0808. The molecule has 0 amide bonds. The van der Waals surface area contributed by atoms with Crippen molar-refractivity contribution in [2.24, 2.45) is 5.92 Å². The molecule has 15 heavy (non-hydrogen) atoms. The second-order valence-electron chi connectivity index (χ2n) is 4.87. The van der Waals surface area contributed by atoms with Crippen LogP contribution in [0.15, 0.2) is 0 Å². The van der Waals surface area contributed by atoms with Gasteiger partial charge in [-0.3, -0.25) is 4.90 Å². The zero-order chi connectivity index (χ0) is 11.3. The molecule has 3 nitrogen and oxygen atoms in total. The number of hydrogen-bond donors (Lipinski definition) is 0. The third kappa shape index (κ3) is 4.19. The first-order chi connectivity index (χ1) is 7.13. The van der Waals surface area contributed by atoms with E-state index in [0.717, 1.165) is 32.1 Å². The molecule has 0 N–H and O–H groups in total. The van der Waals surface area contributed by atoms with E-state index in [0.29, 0.717) is 0 Å². The van der Waals surface area contributed by atoms with Crippen LogP contribution in [-0.2, 0) is 0 Å². The lowest BCUT2D eigenvalue weighted by Crippen LogP contribution is -2.49. The van der Waals surface area contributed by atoms with E-state index in [1.54, 1.807) is 0 Å². The predicted octanol–water partition coefficient (Wildman–Crippen LogP) is 1.56. The fourth-order valence-electron chi connectivity index (χ4n) is 1.90. The molecule has 1 heterocycles. The van der Waals surface area contributed by atoms with Gasteiger partial charge >= 0.3 is 0 Å². The highest BCUT2D eigenvalue weighted by atomic mass is 15.3. The average Bonchev–Trinajstić information content (AvgIpc) is 2.26. The first-order valence-electron chi connectivity index (χ1n) is 5.99. The highest BCUT2D eigenvalue weighted by Crippen LogP contribution is 2.08. The van der Waals surface area contributed by atoms with Crippen LogP contribution in [0.25, 0.3) is 0 Å². The molecule has 1 aliphatic heterocycles. The van der Waals surface area contributed by atoms with Crippen molar-refractivity contribution >= 4 is 0 Å². The Bertz CT molecular complexity index is 211. The van der Waals surface area contributed by atoms with E-state index in [1.165, 1.54) is 13.0 Å². The molecule has 0 aromatic heterocycles. The first-order valence-corrected chi connectivity index (χ1v) is 5.99. The molecular weight excluding hydrogens is 186 g/mol. The Hall–Kier alpha value is -0.590.